The third-order valence-electron chi connectivity index (χ3n) is 6.02. The molecule has 1 aromatic carbocycles. The molecule has 35 heavy (non-hydrogen) atoms. The summed E-state index contributed by atoms with van der Waals surface area (Å²) in [6, 6.07) is 17.2. The molecule has 176 valence electrons. The third kappa shape index (κ3) is 4.77. The number of carbonyl (C=O) groups excluding carboxylic acids is 2. The second-order valence-electron chi connectivity index (χ2n) is 8.66. The number of rotatable bonds is 6. The van der Waals surface area contributed by atoms with E-state index in [0.717, 1.165) is 46.0 Å². The standard InChI is InChI=1S/C27H26N6O2/c1-17-14-18(8-11-28-17)15-23(34)32-22-16-19(9-12-29-22)25-26(30-20-6-4-3-5-7-20)24-21(31-25)10-13-33(2)27(24)35/h3-9,11-12,14,16,30-31H,10,13,15H2,1-2H3,(H,29,32,34). The van der Waals surface area contributed by atoms with Crippen LogP contribution in [0.15, 0.2) is 67.0 Å². The van der Waals surface area contributed by atoms with Gasteiger partial charge in [0.05, 0.1) is 23.4 Å². The summed E-state index contributed by atoms with van der Waals surface area (Å²) in [5, 5.41) is 6.32. The number of para-hydroxylation sites is 1. The van der Waals surface area contributed by atoms with Crippen LogP contribution in [-0.2, 0) is 17.6 Å². The van der Waals surface area contributed by atoms with Crippen molar-refractivity contribution in [3.05, 3.63) is 89.5 Å². The van der Waals surface area contributed by atoms with E-state index in [1.165, 1.54) is 0 Å². The molecule has 1 aliphatic rings. The van der Waals surface area contributed by atoms with E-state index in [-0.39, 0.29) is 18.2 Å². The predicted molar refractivity (Wildman–Crippen MR) is 136 cm³/mol. The molecule has 4 aromatic rings. The lowest BCUT2D eigenvalue weighted by Gasteiger charge is -2.23. The normalized spacial score (nSPS) is 12.9. The predicted octanol–water partition coefficient (Wildman–Crippen LogP) is 4.33. The molecule has 8 nitrogen and oxygen atoms in total. The smallest absolute Gasteiger partial charge is 0.257 e. The van der Waals surface area contributed by atoms with Crippen molar-refractivity contribution in [1.29, 1.82) is 0 Å². The van der Waals surface area contributed by atoms with E-state index in [9.17, 15) is 9.59 Å². The van der Waals surface area contributed by atoms with Gasteiger partial charge in [0.1, 0.15) is 5.82 Å². The van der Waals surface area contributed by atoms with Crippen LogP contribution in [0.1, 0.15) is 27.3 Å². The zero-order valence-corrected chi connectivity index (χ0v) is 19.6. The first kappa shape index (κ1) is 22.3. The summed E-state index contributed by atoms with van der Waals surface area (Å²) in [5.41, 5.74) is 6.50. The number of pyridine rings is 2. The first-order chi connectivity index (χ1) is 17.0. The van der Waals surface area contributed by atoms with Gasteiger partial charge in [-0.2, -0.15) is 0 Å². The van der Waals surface area contributed by atoms with Crippen LogP contribution < -0.4 is 10.6 Å². The molecule has 0 unspecified atom stereocenters. The second kappa shape index (κ2) is 9.42. The van der Waals surface area contributed by atoms with E-state index in [4.69, 9.17) is 0 Å². The third-order valence-corrected chi connectivity index (χ3v) is 6.02. The summed E-state index contributed by atoms with van der Waals surface area (Å²) in [6.45, 7) is 2.55. The molecule has 2 amide bonds. The Morgan fingerprint density at radius 1 is 1.09 bits per heavy atom. The van der Waals surface area contributed by atoms with Gasteiger partial charge >= 0.3 is 0 Å². The number of benzene rings is 1. The number of hydrogen-bond acceptors (Lipinski definition) is 5. The zero-order chi connectivity index (χ0) is 24.4. The summed E-state index contributed by atoms with van der Waals surface area (Å²) >= 11 is 0. The number of hydrogen-bond donors (Lipinski definition) is 3. The first-order valence-electron chi connectivity index (χ1n) is 11.5. The number of anilines is 3. The molecule has 0 fully saturated rings. The molecule has 0 aliphatic carbocycles. The Bertz CT molecular complexity index is 1400. The van der Waals surface area contributed by atoms with E-state index < -0.39 is 0 Å². The number of likely N-dealkylation sites (N-methyl/N-ethyl adjacent to an activating group) is 1. The highest BCUT2D eigenvalue weighted by Crippen LogP contribution is 2.38. The van der Waals surface area contributed by atoms with Gasteiger partial charge in [-0.1, -0.05) is 18.2 Å². The molecule has 1 aliphatic heterocycles. The fourth-order valence-corrected chi connectivity index (χ4v) is 4.30. The second-order valence-corrected chi connectivity index (χ2v) is 8.66. The maximum Gasteiger partial charge on any atom is 0.257 e. The summed E-state index contributed by atoms with van der Waals surface area (Å²) in [4.78, 5) is 39.4. The van der Waals surface area contributed by atoms with Gasteiger partial charge in [-0.3, -0.25) is 14.6 Å². The minimum Gasteiger partial charge on any atom is -0.356 e. The van der Waals surface area contributed by atoms with Crippen molar-refractivity contribution in [2.75, 3.05) is 24.2 Å². The Kier molecular flexibility index (Phi) is 6.01. The van der Waals surface area contributed by atoms with Crippen LogP contribution in [0.25, 0.3) is 11.3 Å². The Morgan fingerprint density at radius 3 is 2.69 bits per heavy atom. The van der Waals surface area contributed by atoms with Crippen LogP contribution in [0.3, 0.4) is 0 Å². The minimum absolute atomic E-state index is 0.0255. The van der Waals surface area contributed by atoms with E-state index >= 15 is 0 Å². The number of aromatic nitrogens is 3. The van der Waals surface area contributed by atoms with Crippen molar-refractivity contribution in [1.82, 2.24) is 19.9 Å². The van der Waals surface area contributed by atoms with Crippen molar-refractivity contribution in [3.63, 3.8) is 0 Å². The molecule has 0 spiro atoms. The van der Waals surface area contributed by atoms with Crippen molar-refractivity contribution < 1.29 is 9.59 Å². The van der Waals surface area contributed by atoms with Crippen LogP contribution in [0, 0.1) is 6.92 Å². The lowest BCUT2D eigenvalue weighted by molar-refractivity contribution is -0.115. The molecule has 5 rings (SSSR count). The highest BCUT2D eigenvalue weighted by Gasteiger charge is 2.30. The molecule has 0 radical (unpaired) electrons. The van der Waals surface area contributed by atoms with Crippen LogP contribution >= 0.6 is 0 Å². The van der Waals surface area contributed by atoms with E-state index in [2.05, 4.69) is 25.6 Å². The maximum absolute atomic E-state index is 13.1. The summed E-state index contributed by atoms with van der Waals surface area (Å²) in [7, 11) is 1.81. The van der Waals surface area contributed by atoms with Crippen LogP contribution in [0.2, 0.25) is 0 Å². The molecule has 0 bridgehead atoms. The average Bonchev–Trinajstić information content (AvgIpc) is 3.21. The topological polar surface area (TPSA) is 103 Å². The minimum atomic E-state index is -0.162. The molecule has 0 saturated carbocycles. The number of aryl methyl sites for hydroxylation is 1. The summed E-state index contributed by atoms with van der Waals surface area (Å²) in [6.07, 6.45) is 4.32. The fourth-order valence-electron chi connectivity index (χ4n) is 4.30. The SMILES string of the molecule is Cc1cc(CC(=O)Nc2cc(-c3[nH]c4c(c3Nc3ccccc3)C(=O)N(C)CC4)ccn2)ccn1. The quantitative estimate of drug-likeness (QED) is 0.392. The molecule has 3 N–H and O–H groups in total. The Balaban J connectivity index is 1.47. The molecule has 4 heterocycles. The molecule has 0 atom stereocenters. The van der Waals surface area contributed by atoms with Crippen LogP contribution in [0.5, 0.6) is 0 Å². The van der Waals surface area contributed by atoms with Gasteiger partial charge in [0.15, 0.2) is 0 Å². The maximum atomic E-state index is 13.1. The number of carbonyl (C=O) groups is 2. The van der Waals surface area contributed by atoms with Gasteiger partial charge in [0.2, 0.25) is 5.91 Å². The lowest BCUT2D eigenvalue weighted by Crippen LogP contribution is -2.34. The van der Waals surface area contributed by atoms with Crippen molar-refractivity contribution >= 4 is 29.0 Å². The van der Waals surface area contributed by atoms with Gasteiger partial charge in [-0.15, -0.1) is 0 Å². The Hall–Kier alpha value is -4.46. The molecule has 0 saturated heterocycles. The highest BCUT2D eigenvalue weighted by atomic mass is 16.2. The number of aromatic amines is 1. The monoisotopic (exact) mass is 466 g/mol. The van der Waals surface area contributed by atoms with E-state index in [1.54, 1.807) is 17.3 Å². The van der Waals surface area contributed by atoms with Crippen LogP contribution in [-0.4, -0.2) is 45.3 Å². The first-order valence-corrected chi connectivity index (χ1v) is 11.5. The summed E-state index contributed by atoms with van der Waals surface area (Å²) < 4.78 is 0. The molecular formula is C27H26N6O2. The largest absolute Gasteiger partial charge is 0.356 e. The van der Waals surface area contributed by atoms with Gasteiger partial charge in [0.25, 0.3) is 5.91 Å². The zero-order valence-electron chi connectivity index (χ0n) is 19.6. The lowest BCUT2D eigenvalue weighted by atomic mass is 10.0. The molecule has 8 heteroatoms. The summed E-state index contributed by atoms with van der Waals surface area (Å²) in [5.74, 6) is 0.257. The van der Waals surface area contributed by atoms with Crippen molar-refractivity contribution in [3.8, 4) is 11.3 Å². The Morgan fingerprint density at radius 2 is 1.89 bits per heavy atom. The van der Waals surface area contributed by atoms with E-state index in [0.29, 0.717) is 17.9 Å². The van der Waals surface area contributed by atoms with Crippen molar-refractivity contribution in [2.45, 2.75) is 19.8 Å². The molecule has 3 aromatic heterocycles. The van der Waals surface area contributed by atoms with E-state index in [1.807, 2.05) is 68.6 Å². The van der Waals surface area contributed by atoms with Crippen molar-refractivity contribution in [2.24, 2.45) is 0 Å². The number of amides is 2. The molecular weight excluding hydrogens is 440 g/mol. The number of fused-ring (bicyclic) bond motifs is 1. The Labute approximate surface area is 203 Å². The number of nitrogens with one attached hydrogen (secondary N) is 3. The fraction of sp³-hybridized carbons (Fsp3) is 0.185. The number of nitrogens with zero attached hydrogens (tertiary/aromatic N) is 3. The highest BCUT2D eigenvalue weighted by molar-refractivity contribution is 6.06. The van der Waals surface area contributed by atoms with Crippen LogP contribution in [0.4, 0.5) is 17.2 Å². The van der Waals surface area contributed by atoms with Gasteiger partial charge in [0, 0.05) is 55.0 Å². The van der Waals surface area contributed by atoms with Gasteiger partial charge in [-0.05, 0) is 48.9 Å². The average molecular weight is 467 g/mol. The number of H-pyrrole nitrogens is 1. The van der Waals surface area contributed by atoms with Gasteiger partial charge in [-0.25, -0.2) is 4.98 Å². The van der Waals surface area contributed by atoms with Gasteiger partial charge < -0.3 is 20.5 Å².